The third kappa shape index (κ3) is 5.58. The first-order chi connectivity index (χ1) is 12.6. The molecule has 0 aliphatic rings. The quantitative estimate of drug-likeness (QED) is 0.620. The van der Waals surface area contributed by atoms with Gasteiger partial charge in [0.15, 0.2) is 0 Å². The lowest BCUT2D eigenvalue weighted by atomic mass is 10.2. The third-order valence-corrected chi connectivity index (χ3v) is 6.24. The smallest absolute Gasteiger partial charge is 0.291 e. The summed E-state index contributed by atoms with van der Waals surface area (Å²) >= 11 is 17.9. The van der Waals surface area contributed by atoms with Crippen LogP contribution in [0.25, 0.3) is 5.69 Å². The molecule has 0 bridgehead atoms. The summed E-state index contributed by atoms with van der Waals surface area (Å²) in [5.41, 5.74) is 0.570. The van der Waals surface area contributed by atoms with Gasteiger partial charge >= 0.3 is 0 Å². The highest BCUT2D eigenvalue weighted by Gasteiger charge is 2.14. The third-order valence-electron chi connectivity index (χ3n) is 3.80. The Morgan fingerprint density at radius 3 is 2.52 bits per heavy atom. The number of nitrogens with zero attached hydrogens (tertiary/aromatic N) is 3. The zero-order valence-electron chi connectivity index (χ0n) is 14.7. The van der Waals surface area contributed by atoms with Crippen LogP contribution in [0, 0.1) is 0 Å². The summed E-state index contributed by atoms with van der Waals surface area (Å²) in [4.78, 5) is 12.1. The van der Waals surface area contributed by atoms with E-state index >= 15 is 0 Å². The van der Waals surface area contributed by atoms with Gasteiger partial charge in [-0.1, -0.05) is 41.7 Å². The van der Waals surface area contributed by atoms with E-state index in [-0.39, 0.29) is 10.0 Å². The first kappa shape index (κ1) is 22.0. The Balaban J connectivity index is 2.05. The summed E-state index contributed by atoms with van der Waals surface area (Å²) in [7, 11) is -3.20. The van der Waals surface area contributed by atoms with Crippen LogP contribution in [0.15, 0.2) is 29.2 Å². The first-order valence-corrected chi connectivity index (χ1v) is 11.1. The second-order valence-corrected chi connectivity index (χ2v) is 8.90. The first-order valence-electron chi connectivity index (χ1n) is 8.07. The minimum Gasteiger partial charge on any atom is -0.384 e. The van der Waals surface area contributed by atoms with Crippen LogP contribution in [0.1, 0.15) is 13.3 Å². The van der Waals surface area contributed by atoms with Crippen molar-refractivity contribution in [3.05, 3.63) is 49.8 Å². The van der Waals surface area contributed by atoms with Crippen LogP contribution in [0.5, 0.6) is 0 Å². The van der Waals surface area contributed by atoms with Crippen molar-refractivity contribution in [1.82, 2.24) is 14.1 Å². The Hall–Kier alpha value is -1.32. The summed E-state index contributed by atoms with van der Waals surface area (Å²) in [5, 5.41) is 7.46. The molecule has 0 aliphatic heterocycles. The molecule has 0 radical (unpaired) electrons. The van der Waals surface area contributed by atoms with Crippen LogP contribution in [0.4, 0.5) is 5.69 Å². The topological polar surface area (TPSA) is 84.3 Å². The highest BCUT2D eigenvalue weighted by atomic mass is 35.5. The van der Waals surface area contributed by atoms with Gasteiger partial charge in [0.05, 0.1) is 33.9 Å². The molecule has 1 aromatic heterocycles. The van der Waals surface area contributed by atoms with E-state index in [0.29, 0.717) is 42.5 Å². The molecule has 0 saturated heterocycles. The van der Waals surface area contributed by atoms with E-state index in [1.165, 1.54) is 16.8 Å². The van der Waals surface area contributed by atoms with Crippen LogP contribution >= 0.6 is 34.8 Å². The second-order valence-electron chi connectivity index (χ2n) is 5.72. The second kappa shape index (κ2) is 9.25. The molecule has 7 nitrogen and oxygen atoms in total. The fourth-order valence-corrected chi connectivity index (χ4v) is 3.84. The van der Waals surface area contributed by atoms with Crippen LogP contribution in [-0.4, -0.2) is 48.4 Å². The number of nitrogens with one attached hydrogen (secondary N) is 1. The van der Waals surface area contributed by atoms with Gasteiger partial charge in [0.25, 0.3) is 5.56 Å². The highest BCUT2D eigenvalue weighted by Crippen LogP contribution is 2.25. The lowest BCUT2D eigenvalue weighted by Crippen LogP contribution is -2.31. The minimum absolute atomic E-state index is 0.0810. The number of hydrogen-bond acceptors (Lipinski definition) is 5. The van der Waals surface area contributed by atoms with Gasteiger partial charge in [-0.25, -0.2) is 12.7 Å². The van der Waals surface area contributed by atoms with Gasteiger partial charge in [-0.2, -0.15) is 9.78 Å². The average molecular weight is 454 g/mol. The normalized spacial score (nSPS) is 11.8. The maximum absolute atomic E-state index is 12.1. The molecule has 0 saturated carbocycles. The van der Waals surface area contributed by atoms with Gasteiger partial charge in [-0.3, -0.25) is 4.79 Å². The van der Waals surface area contributed by atoms with Crippen molar-refractivity contribution in [3.8, 4) is 5.69 Å². The van der Waals surface area contributed by atoms with E-state index in [2.05, 4.69) is 10.4 Å². The molecular formula is C16H19Cl3N4O3S. The minimum atomic E-state index is -3.20. The van der Waals surface area contributed by atoms with E-state index in [1.54, 1.807) is 25.1 Å². The van der Waals surface area contributed by atoms with E-state index in [0.717, 1.165) is 4.68 Å². The van der Waals surface area contributed by atoms with Crippen molar-refractivity contribution in [2.75, 3.05) is 31.2 Å². The Morgan fingerprint density at radius 2 is 1.93 bits per heavy atom. The SMILES string of the molecule is CCN(CCCNc1ccc(-n2ncc(Cl)c(Cl)c2=O)cc1Cl)S(C)(=O)=O. The van der Waals surface area contributed by atoms with Crippen molar-refractivity contribution < 1.29 is 8.42 Å². The molecule has 0 atom stereocenters. The van der Waals surface area contributed by atoms with Crippen molar-refractivity contribution in [1.29, 1.82) is 0 Å². The molecule has 148 valence electrons. The number of halogens is 3. The van der Waals surface area contributed by atoms with Gasteiger partial charge < -0.3 is 5.32 Å². The predicted molar refractivity (Wildman–Crippen MR) is 110 cm³/mol. The monoisotopic (exact) mass is 452 g/mol. The standard InChI is InChI=1S/C16H19Cl3N4O3S/c1-3-22(27(2,25)26)8-4-7-20-14-6-5-11(9-12(14)17)23-16(24)15(19)13(18)10-21-23/h5-6,9-10,20H,3-4,7-8H2,1-2H3. The lowest BCUT2D eigenvalue weighted by Gasteiger charge is -2.18. The zero-order valence-corrected chi connectivity index (χ0v) is 17.8. The van der Waals surface area contributed by atoms with Gasteiger partial charge in [-0.05, 0) is 24.6 Å². The molecule has 0 amide bonds. The predicted octanol–water partition coefficient (Wildman–Crippen LogP) is 3.28. The summed E-state index contributed by atoms with van der Waals surface area (Å²) in [5.74, 6) is 0. The summed E-state index contributed by atoms with van der Waals surface area (Å²) in [6.07, 6.45) is 3.10. The molecule has 0 spiro atoms. The number of sulfonamides is 1. The molecular weight excluding hydrogens is 435 g/mol. The van der Waals surface area contributed by atoms with E-state index < -0.39 is 15.6 Å². The van der Waals surface area contributed by atoms with Crippen molar-refractivity contribution in [2.24, 2.45) is 0 Å². The van der Waals surface area contributed by atoms with Crippen molar-refractivity contribution in [3.63, 3.8) is 0 Å². The maximum Gasteiger partial charge on any atom is 0.291 e. The molecule has 0 fully saturated rings. The Morgan fingerprint density at radius 1 is 1.22 bits per heavy atom. The van der Waals surface area contributed by atoms with Crippen LogP contribution in [-0.2, 0) is 10.0 Å². The van der Waals surface area contributed by atoms with Crippen LogP contribution in [0.2, 0.25) is 15.1 Å². The van der Waals surface area contributed by atoms with Gasteiger partial charge in [0.1, 0.15) is 5.02 Å². The molecule has 1 heterocycles. The lowest BCUT2D eigenvalue weighted by molar-refractivity contribution is 0.429. The zero-order chi connectivity index (χ0) is 20.2. The molecule has 2 rings (SSSR count). The Bertz CT molecular complexity index is 979. The molecule has 1 aromatic carbocycles. The van der Waals surface area contributed by atoms with Gasteiger partial charge in [0.2, 0.25) is 10.0 Å². The highest BCUT2D eigenvalue weighted by molar-refractivity contribution is 7.88. The Kier molecular flexibility index (Phi) is 7.53. The Labute approximate surface area is 172 Å². The molecule has 2 aromatic rings. The van der Waals surface area contributed by atoms with Crippen molar-refractivity contribution in [2.45, 2.75) is 13.3 Å². The van der Waals surface area contributed by atoms with E-state index in [4.69, 9.17) is 34.8 Å². The van der Waals surface area contributed by atoms with Crippen molar-refractivity contribution >= 4 is 50.5 Å². The van der Waals surface area contributed by atoms with Crippen LogP contribution in [0.3, 0.4) is 0 Å². The van der Waals surface area contributed by atoms with E-state index in [1.807, 2.05) is 0 Å². The summed E-state index contributed by atoms with van der Waals surface area (Å²) in [6.45, 7) is 3.18. The molecule has 11 heteroatoms. The summed E-state index contributed by atoms with van der Waals surface area (Å²) in [6, 6.07) is 4.96. The summed E-state index contributed by atoms with van der Waals surface area (Å²) < 4.78 is 25.6. The largest absolute Gasteiger partial charge is 0.384 e. The van der Waals surface area contributed by atoms with E-state index in [9.17, 15) is 13.2 Å². The number of aromatic nitrogens is 2. The fourth-order valence-electron chi connectivity index (χ4n) is 2.41. The van der Waals surface area contributed by atoms with Crippen LogP contribution < -0.4 is 10.9 Å². The van der Waals surface area contributed by atoms with Gasteiger partial charge in [-0.15, -0.1) is 0 Å². The average Bonchev–Trinajstić information content (AvgIpc) is 2.60. The maximum atomic E-state index is 12.1. The number of rotatable bonds is 8. The molecule has 0 unspecified atom stereocenters. The number of benzene rings is 1. The van der Waals surface area contributed by atoms with Gasteiger partial charge in [0, 0.05) is 19.6 Å². The molecule has 27 heavy (non-hydrogen) atoms. The fraction of sp³-hybridized carbons (Fsp3) is 0.375. The number of hydrogen-bond donors (Lipinski definition) is 1. The molecule has 0 aliphatic carbocycles. The number of anilines is 1. The molecule has 1 N–H and O–H groups in total.